The Morgan fingerprint density at radius 2 is 1.75 bits per heavy atom. The van der Waals surface area contributed by atoms with Crippen LogP contribution < -0.4 is 5.32 Å². The molecular weight excluding hydrogens is 472 g/mol. The van der Waals surface area contributed by atoms with Crippen molar-refractivity contribution in [3.63, 3.8) is 0 Å². The highest BCUT2D eigenvalue weighted by Crippen LogP contribution is 2.32. The van der Waals surface area contributed by atoms with Gasteiger partial charge in [-0.1, -0.05) is 54.1 Å². The average Bonchev–Trinajstić information content (AvgIpc) is 3.31. The third kappa shape index (κ3) is 4.76. The predicted molar refractivity (Wildman–Crippen MR) is 142 cm³/mol. The molecule has 36 heavy (non-hydrogen) atoms. The normalized spacial score (nSPS) is 12.9. The number of aliphatic hydroxyl groups is 1. The summed E-state index contributed by atoms with van der Waals surface area (Å²) >= 11 is 6.16. The molecule has 0 saturated heterocycles. The fourth-order valence-electron chi connectivity index (χ4n) is 4.43. The van der Waals surface area contributed by atoms with Crippen LogP contribution in [0.4, 0.5) is 0 Å². The second-order valence-electron chi connectivity index (χ2n) is 8.80. The molecule has 180 valence electrons. The van der Waals surface area contributed by atoms with Crippen LogP contribution in [0.25, 0.3) is 22.3 Å². The molecule has 0 bridgehead atoms. The third-order valence-electron chi connectivity index (χ3n) is 6.34. The number of nitrogens with one attached hydrogen (secondary N) is 1. The first-order chi connectivity index (χ1) is 17.4. The summed E-state index contributed by atoms with van der Waals surface area (Å²) in [5, 5.41) is 15.5. The molecule has 2 aromatic heterocycles. The van der Waals surface area contributed by atoms with Gasteiger partial charge in [0.15, 0.2) is 6.10 Å². The van der Waals surface area contributed by atoms with E-state index in [-0.39, 0.29) is 0 Å². The van der Waals surface area contributed by atoms with Gasteiger partial charge in [0.25, 0.3) is 5.91 Å². The number of carbonyl (C=O) groups is 1. The minimum atomic E-state index is -1.35. The highest BCUT2D eigenvalue weighted by Gasteiger charge is 2.24. The summed E-state index contributed by atoms with van der Waals surface area (Å²) in [5.74, 6) is 0.193. The van der Waals surface area contributed by atoms with Gasteiger partial charge in [-0.05, 0) is 78.6 Å². The number of carbonyl (C=O) groups excluding carboxylic acids is 1. The fraction of sp³-hybridized carbons (Fsp3) is 0.133. The number of furan rings is 1. The number of nitrogens with zero attached hydrogens (tertiary/aromatic N) is 1. The van der Waals surface area contributed by atoms with Gasteiger partial charge in [0.05, 0.1) is 6.04 Å². The van der Waals surface area contributed by atoms with E-state index in [2.05, 4.69) is 10.3 Å². The number of rotatable bonds is 6. The molecule has 5 rings (SSSR count). The standard InChI is InChI=1S/C30H25ClN2O3/c1-18-15-23(31)11-12-24(18)28(20-7-4-3-5-8-20)33-30(35)29(34)21-10-13-26-22(16-21)17-27(36-26)25-9-6-14-32-19(25)2/h3-17,28-29,34H,1-2H3,(H,33,35). The fourth-order valence-corrected chi connectivity index (χ4v) is 4.66. The molecule has 2 unspecified atom stereocenters. The number of fused-ring (bicyclic) bond motifs is 1. The van der Waals surface area contributed by atoms with E-state index < -0.39 is 18.1 Å². The molecule has 3 aromatic carbocycles. The van der Waals surface area contributed by atoms with Crippen molar-refractivity contribution in [2.24, 2.45) is 0 Å². The molecule has 0 saturated carbocycles. The predicted octanol–water partition coefficient (Wildman–Crippen LogP) is 6.70. The molecule has 0 aliphatic heterocycles. The maximum atomic E-state index is 13.3. The lowest BCUT2D eigenvalue weighted by Gasteiger charge is -2.23. The SMILES string of the molecule is Cc1cc(Cl)ccc1C(NC(=O)C(O)c1ccc2oc(-c3cccnc3C)cc2c1)c1ccccc1. The first kappa shape index (κ1) is 23.8. The molecule has 1 amide bonds. The summed E-state index contributed by atoms with van der Waals surface area (Å²) in [7, 11) is 0. The van der Waals surface area contributed by atoms with Crippen LogP contribution in [0, 0.1) is 13.8 Å². The Kier molecular flexibility index (Phi) is 6.59. The average molecular weight is 497 g/mol. The Bertz CT molecular complexity index is 1540. The van der Waals surface area contributed by atoms with Crippen LogP contribution in [0.3, 0.4) is 0 Å². The van der Waals surface area contributed by atoms with E-state index in [1.54, 1.807) is 30.5 Å². The molecule has 5 aromatic rings. The maximum Gasteiger partial charge on any atom is 0.254 e. The Labute approximate surface area is 214 Å². The van der Waals surface area contributed by atoms with Crippen molar-refractivity contribution in [3.05, 3.63) is 124 Å². The van der Waals surface area contributed by atoms with Crippen molar-refractivity contribution in [2.45, 2.75) is 26.0 Å². The monoisotopic (exact) mass is 496 g/mol. The summed E-state index contributed by atoms with van der Waals surface area (Å²) < 4.78 is 6.00. The van der Waals surface area contributed by atoms with Crippen LogP contribution in [0.5, 0.6) is 0 Å². The number of benzene rings is 3. The van der Waals surface area contributed by atoms with Gasteiger partial charge in [0, 0.05) is 27.9 Å². The Morgan fingerprint density at radius 3 is 2.50 bits per heavy atom. The highest BCUT2D eigenvalue weighted by atomic mass is 35.5. The van der Waals surface area contributed by atoms with E-state index in [1.165, 1.54) is 0 Å². The molecular formula is C30H25ClN2O3. The smallest absolute Gasteiger partial charge is 0.254 e. The van der Waals surface area contributed by atoms with Crippen LogP contribution in [0.1, 0.15) is 40.1 Å². The van der Waals surface area contributed by atoms with Gasteiger partial charge >= 0.3 is 0 Å². The summed E-state index contributed by atoms with van der Waals surface area (Å²) in [4.78, 5) is 17.6. The van der Waals surface area contributed by atoms with E-state index in [1.807, 2.05) is 74.5 Å². The molecule has 6 heteroatoms. The molecule has 2 atom stereocenters. The molecule has 0 spiro atoms. The van der Waals surface area contributed by atoms with Gasteiger partial charge in [-0.25, -0.2) is 0 Å². The van der Waals surface area contributed by atoms with Crippen LogP contribution in [-0.2, 0) is 4.79 Å². The molecule has 2 N–H and O–H groups in total. The second kappa shape index (κ2) is 9.97. The summed E-state index contributed by atoms with van der Waals surface area (Å²) in [6.45, 7) is 3.88. The van der Waals surface area contributed by atoms with Crippen LogP contribution >= 0.6 is 11.6 Å². The van der Waals surface area contributed by atoms with Crippen molar-refractivity contribution in [2.75, 3.05) is 0 Å². The zero-order valence-electron chi connectivity index (χ0n) is 19.9. The quantitative estimate of drug-likeness (QED) is 0.274. The zero-order valence-corrected chi connectivity index (χ0v) is 20.7. The molecule has 5 nitrogen and oxygen atoms in total. The van der Waals surface area contributed by atoms with Crippen molar-refractivity contribution in [3.8, 4) is 11.3 Å². The van der Waals surface area contributed by atoms with Crippen molar-refractivity contribution in [1.82, 2.24) is 10.3 Å². The lowest BCUT2D eigenvalue weighted by Crippen LogP contribution is -2.34. The van der Waals surface area contributed by atoms with Gasteiger partial charge < -0.3 is 14.8 Å². The van der Waals surface area contributed by atoms with E-state index in [0.29, 0.717) is 21.9 Å². The largest absolute Gasteiger partial charge is 0.456 e. The third-order valence-corrected chi connectivity index (χ3v) is 6.57. The van der Waals surface area contributed by atoms with Gasteiger partial charge in [-0.15, -0.1) is 0 Å². The number of hydrogen-bond donors (Lipinski definition) is 2. The van der Waals surface area contributed by atoms with E-state index in [9.17, 15) is 9.90 Å². The van der Waals surface area contributed by atoms with Crippen molar-refractivity contribution in [1.29, 1.82) is 0 Å². The topological polar surface area (TPSA) is 75.4 Å². The number of aliphatic hydroxyl groups excluding tert-OH is 1. The van der Waals surface area contributed by atoms with Gasteiger partial charge in [-0.3, -0.25) is 9.78 Å². The Balaban J connectivity index is 1.44. The van der Waals surface area contributed by atoms with Crippen LogP contribution in [0.15, 0.2) is 95.5 Å². The number of amides is 1. The van der Waals surface area contributed by atoms with Crippen molar-refractivity contribution < 1.29 is 14.3 Å². The lowest BCUT2D eigenvalue weighted by molar-refractivity contribution is -0.130. The zero-order chi connectivity index (χ0) is 25.2. The van der Waals surface area contributed by atoms with Crippen LogP contribution in [-0.4, -0.2) is 16.0 Å². The van der Waals surface area contributed by atoms with Gasteiger partial charge in [0.2, 0.25) is 0 Å². The highest BCUT2D eigenvalue weighted by molar-refractivity contribution is 6.30. The first-order valence-electron chi connectivity index (χ1n) is 11.7. The van der Waals surface area contributed by atoms with Crippen molar-refractivity contribution >= 4 is 28.5 Å². The minimum Gasteiger partial charge on any atom is -0.456 e. The van der Waals surface area contributed by atoms with Crippen LogP contribution in [0.2, 0.25) is 5.02 Å². The minimum absolute atomic E-state index is 0.441. The molecule has 0 fully saturated rings. The summed E-state index contributed by atoms with van der Waals surface area (Å²) in [6.07, 6.45) is 0.384. The number of pyridine rings is 1. The van der Waals surface area contributed by atoms with Gasteiger partial charge in [-0.2, -0.15) is 0 Å². The molecule has 0 aliphatic carbocycles. The Morgan fingerprint density at radius 1 is 0.944 bits per heavy atom. The molecule has 2 heterocycles. The lowest BCUT2D eigenvalue weighted by atomic mass is 9.94. The van der Waals surface area contributed by atoms with E-state index >= 15 is 0 Å². The number of hydrogen-bond acceptors (Lipinski definition) is 4. The number of aryl methyl sites for hydroxylation is 2. The molecule has 0 radical (unpaired) electrons. The van der Waals surface area contributed by atoms with E-state index in [0.717, 1.165) is 33.3 Å². The first-order valence-corrected chi connectivity index (χ1v) is 12.0. The summed E-state index contributed by atoms with van der Waals surface area (Å²) in [6, 6.07) is 25.8. The second-order valence-corrected chi connectivity index (χ2v) is 9.24. The Hall–Kier alpha value is -3.93. The molecule has 0 aliphatic rings. The summed E-state index contributed by atoms with van der Waals surface area (Å²) in [5.41, 5.74) is 5.68. The maximum absolute atomic E-state index is 13.3. The van der Waals surface area contributed by atoms with Gasteiger partial charge in [0.1, 0.15) is 11.3 Å². The number of aromatic nitrogens is 1. The number of halogens is 1. The van der Waals surface area contributed by atoms with E-state index in [4.69, 9.17) is 16.0 Å².